The molecule has 2 rings (SSSR count). The zero-order valence-electron chi connectivity index (χ0n) is 9.49. The Hall–Kier alpha value is -3.03. The first-order valence-electron chi connectivity index (χ1n) is 5.18. The monoisotopic (exact) mass is 260 g/mol. The van der Waals surface area contributed by atoms with Crippen molar-refractivity contribution in [2.24, 2.45) is 0 Å². The molecule has 8 heteroatoms. The predicted octanol–water partition coefficient (Wildman–Crippen LogP) is 0.930. The fourth-order valence-electron chi connectivity index (χ4n) is 1.33. The summed E-state index contributed by atoms with van der Waals surface area (Å²) in [6.45, 7) is 0. The van der Waals surface area contributed by atoms with E-state index >= 15 is 0 Å². The summed E-state index contributed by atoms with van der Waals surface area (Å²) in [5.74, 6) is -0.523. The smallest absolute Gasteiger partial charge is 0.276 e. The Morgan fingerprint density at radius 3 is 2.42 bits per heavy atom. The number of nitrogens with zero attached hydrogens (tertiary/aromatic N) is 2. The number of amides is 1. The van der Waals surface area contributed by atoms with Crippen molar-refractivity contribution in [3.63, 3.8) is 0 Å². The van der Waals surface area contributed by atoms with Crippen LogP contribution in [-0.2, 0) is 0 Å². The minimum atomic E-state index is -0.533. The number of hydrogen-bond donors (Lipinski definition) is 2. The zero-order valence-corrected chi connectivity index (χ0v) is 9.49. The van der Waals surface area contributed by atoms with Crippen molar-refractivity contribution in [3.05, 3.63) is 62.6 Å². The predicted molar refractivity (Wildman–Crippen MR) is 65.9 cm³/mol. The third-order valence-corrected chi connectivity index (χ3v) is 2.25. The Morgan fingerprint density at radius 2 is 1.89 bits per heavy atom. The van der Waals surface area contributed by atoms with Crippen LogP contribution in [0.3, 0.4) is 0 Å². The number of carbonyl (C=O) groups is 1. The van der Waals surface area contributed by atoms with Crippen molar-refractivity contribution in [2.45, 2.75) is 0 Å². The van der Waals surface area contributed by atoms with Crippen LogP contribution in [0, 0.1) is 10.1 Å². The molecule has 0 unspecified atom stereocenters. The van der Waals surface area contributed by atoms with Crippen LogP contribution in [-0.4, -0.2) is 21.0 Å². The fraction of sp³-hybridized carbons (Fsp3) is 0. The highest BCUT2D eigenvalue weighted by molar-refractivity contribution is 6.02. The summed E-state index contributed by atoms with van der Waals surface area (Å²) in [5, 5.41) is 18.7. The minimum Gasteiger partial charge on any atom is -0.321 e. The van der Waals surface area contributed by atoms with E-state index in [1.807, 2.05) is 0 Å². The molecule has 0 bridgehead atoms. The van der Waals surface area contributed by atoms with Crippen LogP contribution >= 0.6 is 0 Å². The number of nitro benzene ring substituents is 1. The summed E-state index contributed by atoms with van der Waals surface area (Å²) in [7, 11) is 0. The van der Waals surface area contributed by atoms with Crippen LogP contribution in [0.4, 0.5) is 11.4 Å². The van der Waals surface area contributed by atoms with Crippen molar-refractivity contribution < 1.29 is 9.72 Å². The van der Waals surface area contributed by atoms with E-state index in [-0.39, 0.29) is 11.4 Å². The van der Waals surface area contributed by atoms with Gasteiger partial charge in [-0.15, -0.1) is 0 Å². The number of nitrogens with one attached hydrogen (secondary N) is 2. The van der Waals surface area contributed by atoms with Gasteiger partial charge in [0.1, 0.15) is 5.69 Å². The van der Waals surface area contributed by atoms with E-state index in [0.717, 1.165) is 0 Å². The molecule has 1 aromatic heterocycles. The Bertz CT molecular complexity index is 657. The Balaban J connectivity index is 2.12. The van der Waals surface area contributed by atoms with E-state index in [2.05, 4.69) is 15.5 Å². The highest BCUT2D eigenvalue weighted by Gasteiger charge is 2.09. The van der Waals surface area contributed by atoms with Gasteiger partial charge in [0.2, 0.25) is 0 Å². The number of carbonyl (C=O) groups excluding carboxylic acids is 1. The third-order valence-electron chi connectivity index (χ3n) is 2.25. The summed E-state index contributed by atoms with van der Waals surface area (Å²) in [6, 6.07) is 7.81. The summed E-state index contributed by atoms with van der Waals surface area (Å²) >= 11 is 0. The topological polar surface area (TPSA) is 118 Å². The molecular formula is C11H8N4O4. The van der Waals surface area contributed by atoms with Crippen LogP contribution in [0.1, 0.15) is 10.5 Å². The second-order valence-electron chi connectivity index (χ2n) is 3.56. The molecule has 0 radical (unpaired) electrons. The van der Waals surface area contributed by atoms with Crippen LogP contribution in [0.5, 0.6) is 0 Å². The maximum atomic E-state index is 11.7. The van der Waals surface area contributed by atoms with Gasteiger partial charge >= 0.3 is 0 Å². The summed E-state index contributed by atoms with van der Waals surface area (Å²) < 4.78 is 0. The minimum absolute atomic E-state index is 0.0398. The van der Waals surface area contributed by atoms with Crippen molar-refractivity contribution >= 4 is 17.3 Å². The van der Waals surface area contributed by atoms with Gasteiger partial charge in [-0.25, -0.2) is 5.10 Å². The summed E-state index contributed by atoms with van der Waals surface area (Å²) in [4.78, 5) is 32.4. The van der Waals surface area contributed by atoms with Gasteiger partial charge in [0.25, 0.3) is 17.2 Å². The number of aromatic nitrogens is 2. The van der Waals surface area contributed by atoms with Crippen molar-refractivity contribution in [1.82, 2.24) is 10.2 Å². The van der Waals surface area contributed by atoms with Gasteiger partial charge in [-0.1, -0.05) is 0 Å². The quantitative estimate of drug-likeness (QED) is 0.628. The molecule has 0 atom stereocenters. The number of hydrogen-bond acceptors (Lipinski definition) is 5. The van der Waals surface area contributed by atoms with Gasteiger partial charge in [-0.3, -0.25) is 19.7 Å². The van der Waals surface area contributed by atoms with E-state index in [1.54, 1.807) is 0 Å². The van der Waals surface area contributed by atoms with Gasteiger partial charge in [-0.2, -0.15) is 5.10 Å². The van der Waals surface area contributed by atoms with Gasteiger partial charge < -0.3 is 5.32 Å². The second-order valence-corrected chi connectivity index (χ2v) is 3.56. The molecule has 96 valence electrons. The molecule has 2 aromatic rings. The van der Waals surface area contributed by atoms with Crippen LogP contribution in [0.2, 0.25) is 0 Å². The van der Waals surface area contributed by atoms with Crippen LogP contribution < -0.4 is 10.9 Å². The molecule has 0 saturated heterocycles. The highest BCUT2D eigenvalue weighted by atomic mass is 16.6. The lowest BCUT2D eigenvalue weighted by Crippen LogP contribution is -2.17. The molecular weight excluding hydrogens is 252 g/mol. The maximum Gasteiger partial charge on any atom is 0.276 e. The van der Waals surface area contributed by atoms with Crippen LogP contribution in [0.25, 0.3) is 0 Å². The molecule has 1 aromatic carbocycles. The van der Waals surface area contributed by atoms with E-state index in [9.17, 15) is 19.7 Å². The van der Waals surface area contributed by atoms with Crippen molar-refractivity contribution in [1.29, 1.82) is 0 Å². The van der Waals surface area contributed by atoms with E-state index in [1.165, 1.54) is 36.4 Å². The SMILES string of the molecule is O=C(Nc1ccc([N+](=O)[O-])cc1)c1ccc(=O)[nH]n1. The number of H-pyrrole nitrogens is 1. The molecule has 0 spiro atoms. The molecule has 0 aliphatic rings. The molecule has 0 aliphatic heterocycles. The van der Waals surface area contributed by atoms with Gasteiger partial charge in [-0.05, 0) is 18.2 Å². The molecule has 0 aliphatic carbocycles. The highest BCUT2D eigenvalue weighted by Crippen LogP contribution is 2.15. The zero-order chi connectivity index (χ0) is 13.8. The van der Waals surface area contributed by atoms with E-state index in [4.69, 9.17) is 0 Å². The standard InChI is InChI=1S/C11H8N4O4/c16-10-6-5-9(13-14-10)11(17)12-7-1-3-8(4-2-7)15(18)19/h1-6H,(H,12,17)(H,14,16). The lowest BCUT2D eigenvalue weighted by atomic mass is 10.2. The first-order chi connectivity index (χ1) is 9.06. The Kier molecular flexibility index (Phi) is 3.33. The number of non-ortho nitro benzene ring substituents is 1. The number of anilines is 1. The van der Waals surface area contributed by atoms with Crippen molar-refractivity contribution in [3.8, 4) is 0 Å². The lowest BCUT2D eigenvalue weighted by molar-refractivity contribution is -0.384. The second kappa shape index (κ2) is 5.08. The number of nitro groups is 1. The first kappa shape index (κ1) is 12.4. The normalized spacial score (nSPS) is 9.89. The molecule has 8 nitrogen and oxygen atoms in total. The third kappa shape index (κ3) is 3.00. The molecule has 2 N–H and O–H groups in total. The number of benzene rings is 1. The number of rotatable bonds is 3. The lowest BCUT2D eigenvalue weighted by Gasteiger charge is -2.03. The largest absolute Gasteiger partial charge is 0.321 e. The first-order valence-corrected chi connectivity index (χ1v) is 5.18. The molecule has 1 heterocycles. The fourth-order valence-corrected chi connectivity index (χ4v) is 1.33. The van der Waals surface area contributed by atoms with Gasteiger partial charge in [0.15, 0.2) is 0 Å². The number of aromatic amines is 1. The Morgan fingerprint density at radius 1 is 1.21 bits per heavy atom. The van der Waals surface area contributed by atoms with Crippen molar-refractivity contribution in [2.75, 3.05) is 5.32 Å². The van der Waals surface area contributed by atoms with Crippen LogP contribution in [0.15, 0.2) is 41.2 Å². The van der Waals surface area contributed by atoms with Gasteiger partial charge in [0.05, 0.1) is 4.92 Å². The molecule has 0 fully saturated rings. The van der Waals surface area contributed by atoms with Gasteiger partial charge in [0, 0.05) is 23.9 Å². The molecule has 1 amide bonds. The average molecular weight is 260 g/mol. The molecule has 0 saturated carbocycles. The Labute approximate surface area is 106 Å². The van der Waals surface area contributed by atoms with E-state index < -0.39 is 16.4 Å². The summed E-state index contributed by atoms with van der Waals surface area (Å²) in [5.41, 5.74) is -0.0476. The summed E-state index contributed by atoms with van der Waals surface area (Å²) in [6.07, 6.45) is 0. The van der Waals surface area contributed by atoms with E-state index in [0.29, 0.717) is 5.69 Å². The molecule has 19 heavy (non-hydrogen) atoms. The maximum absolute atomic E-state index is 11.7. The average Bonchev–Trinajstić information content (AvgIpc) is 2.40.